The van der Waals surface area contributed by atoms with Crippen molar-refractivity contribution < 1.29 is 14.3 Å². The molecular formula is C21H33N3O3. The van der Waals surface area contributed by atoms with Crippen LogP contribution in [0.5, 0.6) is 5.88 Å². The van der Waals surface area contributed by atoms with E-state index < -0.39 is 5.60 Å². The van der Waals surface area contributed by atoms with E-state index in [1.807, 2.05) is 37.8 Å². The van der Waals surface area contributed by atoms with E-state index >= 15 is 0 Å². The Hall–Kier alpha value is -1.82. The summed E-state index contributed by atoms with van der Waals surface area (Å²) < 4.78 is 11.0. The number of ether oxygens (including phenoxy) is 2. The number of aromatic nitrogens is 1. The third-order valence-electron chi connectivity index (χ3n) is 5.59. The first kappa shape index (κ1) is 19.9. The number of carbonyl (C=O) groups excluding carboxylic acids is 1. The molecule has 0 bridgehead atoms. The Balaban J connectivity index is 1.64. The molecule has 0 radical (unpaired) electrons. The van der Waals surface area contributed by atoms with E-state index in [4.69, 9.17) is 9.47 Å². The van der Waals surface area contributed by atoms with Gasteiger partial charge in [0.1, 0.15) is 5.60 Å². The molecule has 1 N–H and O–H groups in total. The highest BCUT2D eigenvalue weighted by Gasteiger charge is 2.41. The molecule has 1 aromatic heterocycles. The van der Waals surface area contributed by atoms with Gasteiger partial charge < -0.3 is 19.7 Å². The molecule has 3 atom stereocenters. The van der Waals surface area contributed by atoms with Crippen LogP contribution >= 0.6 is 0 Å². The van der Waals surface area contributed by atoms with Gasteiger partial charge in [-0.2, -0.15) is 0 Å². The van der Waals surface area contributed by atoms with Gasteiger partial charge in [0.2, 0.25) is 5.88 Å². The Morgan fingerprint density at radius 2 is 2.11 bits per heavy atom. The normalized spacial score (nSPS) is 25.6. The average Bonchev–Trinajstić information content (AvgIpc) is 3.27. The van der Waals surface area contributed by atoms with Crippen molar-refractivity contribution in [3.8, 4) is 5.88 Å². The Kier molecular flexibility index (Phi) is 6.25. The second-order valence-electron chi connectivity index (χ2n) is 8.64. The summed E-state index contributed by atoms with van der Waals surface area (Å²) in [4.78, 5) is 18.9. The number of nitrogens with one attached hydrogen (secondary N) is 1. The largest absolute Gasteiger partial charge is 0.481 e. The summed E-state index contributed by atoms with van der Waals surface area (Å²) in [6.07, 6.45) is 7.22. The highest BCUT2D eigenvalue weighted by Crippen LogP contribution is 2.36. The van der Waals surface area contributed by atoms with Crippen molar-refractivity contribution in [2.24, 2.45) is 5.92 Å². The summed E-state index contributed by atoms with van der Waals surface area (Å²) in [5.74, 6) is 1.15. The van der Waals surface area contributed by atoms with Gasteiger partial charge in [-0.1, -0.05) is 12.5 Å². The van der Waals surface area contributed by atoms with Crippen LogP contribution in [0.2, 0.25) is 0 Å². The predicted octanol–water partition coefficient (Wildman–Crippen LogP) is 3.75. The van der Waals surface area contributed by atoms with Gasteiger partial charge in [0, 0.05) is 36.9 Å². The summed E-state index contributed by atoms with van der Waals surface area (Å²) in [5, 5.41) is 3.71. The minimum atomic E-state index is -0.450. The monoisotopic (exact) mass is 375 g/mol. The molecule has 1 aromatic rings. The smallest absolute Gasteiger partial charge is 0.410 e. The summed E-state index contributed by atoms with van der Waals surface area (Å²) in [7, 11) is 1.65. The van der Waals surface area contributed by atoms with Crippen molar-refractivity contribution in [2.45, 2.75) is 77.1 Å². The van der Waals surface area contributed by atoms with E-state index in [1.165, 1.54) is 6.42 Å². The van der Waals surface area contributed by atoms with Crippen LogP contribution in [-0.4, -0.2) is 47.3 Å². The molecule has 6 nitrogen and oxygen atoms in total. The van der Waals surface area contributed by atoms with Crippen LogP contribution in [0, 0.1) is 5.92 Å². The van der Waals surface area contributed by atoms with Gasteiger partial charge in [-0.25, -0.2) is 9.78 Å². The number of likely N-dealkylation sites (tertiary alicyclic amines) is 1. The molecule has 2 fully saturated rings. The maximum atomic E-state index is 12.7. The first-order valence-electron chi connectivity index (χ1n) is 10.1. The van der Waals surface area contributed by atoms with Crippen molar-refractivity contribution in [2.75, 3.05) is 13.7 Å². The van der Waals surface area contributed by atoms with Gasteiger partial charge in [0.15, 0.2) is 0 Å². The van der Waals surface area contributed by atoms with Crippen molar-refractivity contribution in [1.29, 1.82) is 0 Å². The number of pyridine rings is 1. The van der Waals surface area contributed by atoms with Crippen LogP contribution in [-0.2, 0) is 11.3 Å². The second kappa shape index (κ2) is 8.46. The van der Waals surface area contributed by atoms with E-state index in [1.54, 1.807) is 13.3 Å². The van der Waals surface area contributed by atoms with Gasteiger partial charge in [-0.15, -0.1) is 0 Å². The number of nitrogens with zero attached hydrogens (tertiary/aromatic N) is 2. The molecule has 1 saturated carbocycles. The maximum Gasteiger partial charge on any atom is 0.410 e. The van der Waals surface area contributed by atoms with Crippen LogP contribution in [0.15, 0.2) is 18.3 Å². The molecule has 1 aliphatic heterocycles. The van der Waals surface area contributed by atoms with Crippen molar-refractivity contribution >= 4 is 6.09 Å². The lowest BCUT2D eigenvalue weighted by atomic mass is 9.92. The van der Waals surface area contributed by atoms with E-state index in [2.05, 4.69) is 10.3 Å². The maximum absolute atomic E-state index is 12.7. The molecule has 0 aromatic carbocycles. The topological polar surface area (TPSA) is 63.7 Å². The van der Waals surface area contributed by atoms with Crippen LogP contribution < -0.4 is 10.1 Å². The van der Waals surface area contributed by atoms with Gasteiger partial charge in [-0.3, -0.25) is 0 Å². The fraction of sp³-hybridized carbons (Fsp3) is 0.714. The lowest BCUT2D eigenvalue weighted by Gasteiger charge is -2.34. The summed E-state index contributed by atoms with van der Waals surface area (Å²) in [5.41, 5.74) is 0.620. The van der Waals surface area contributed by atoms with E-state index in [9.17, 15) is 4.79 Å². The summed E-state index contributed by atoms with van der Waals surface area (Å²) >= 11 is 0. The van der Waals surface area contributed by atoms with Gasteiger partial charge in [0.05, 0.1) is 7.11 Å². The third kappa shape index (κ3) is 4.92. The predicted molar refractivity (Wildman–Crippen MR) is 105 cm³/mol. The SMILES string of the molecule is COc1ncccc1CN[C@@H]1CCC[C@H]1[C@H]1CCCN1C(=O)OC(C)(C)C. The zero-order valence-corrected chi connectivity index (χ0v) is 17.0. The molecule has 27 heavy (non-hydrogen) atoms. The van der Waals surface area contributed by atoms with E-state index in [-0.39, 0.29) is 12.1 Å². The zero-order valence-electron chi connectivity index (χ0n) is 17.0. The van der Waals surface area contributed by atoms with Gasteiger partial charge >= 0.3 is 6.09 Å². The van der Waals surface area contributed by atoms with Crippen LogP contribution in [0.3, 0.4) is 0 Å². The highest BCUT2D eigenvalue weighted by atomic mass is 16.6. The molecule has 3 rings (SSSR count). The number of hydrogen-bond acceptors (Lipinski definition) is 5. The number of rotatable bonds is 5. The second-order valence-corrected chi connectivity index (χ2v) is 8.64. The quantitative estimate of drug-likeness (QED) is 0.849. The molecule has 1 aliphatic carbocycles. The van der Waals surface area contributed by atoms with Crippen LogP contribution in [0.1, 0.15) is 58.4 Å². The first-order chi connectivity index (χ1) is 12.9. The fourth-order valence-electron chi connectivity index (χ4n) is 4.47. The number of hydrogen-bond donors (Lipinski definition) is 1. The molecular weight excluding hydrogens is 342 g/mol. The molecule has 0 unspecified atom stereocenters. The summed E-state index contributed by atoms with van der Waals surface area (Å²) in [6.45, 7) is 7.32. The number of amides is 1. The lowest BCUT2D eigenvalue weighted by molar-refractivity contribution is 0.0166. The lowest BCUT2D eigenvalue weighted by Crippen LogP contribution is -2.47. The first-order valence-corrected chi connectivity index (χ1v) is 10.1. The molecule has 0 spiro atoms. The van der Waals surface area contributed by atoms with Crippen molar-refractivity contribution in [3.05, 3.63) is 23.9 Å². The minimum absolute atomic E-state index is 0.162. The Labute approximate surface area is 162 Å². The standard InChI is InChI=1S/C21H33N3O3/c1-21(2,3)27-20(25)24-13-7-11-18(24)16-9-5-10-17(16)23-14-15-8-6-12-22-19(15)26-4/h6,8,12,16-18,23H,5,7,9-11,13-14H2,1-4H3/t16-,17-,18-/m1/s1. The highest BCUT2D eigenvalue weighted by molar-refractivity contribution is 5.69. The average molecular weight is 376 g/mol. The molecule has 6 heteroatoms. The van der Waals surface area contributed by atoms with E-state index in [0.29, 0.717) is 17.8 Å². The van der Waals surface area contributed by atoms with Crippen LogP contribution in [0.4, 0.5) is 4.79 Å². The summed E-state index contributed by atoms with van der Waals surface area (Å²) in [6, 6.07) is 4.66. The number of methoxy groups -OCH3 is 1. The zero-order chi connectivity index (χ0) is 19.4. The van der Waals surface area contributed by atoms with E-state index in [0.717, 1.165) is 44.3 Å². The Bertz CT molecular complexity index is 644. The number of carbonyl (C=O) groups is 1. The Morgan fingerprint density at radius 3 is 2.85 bits per heavy atom. The van der Waals surface area contributed by atoms with Crippen molar-refractivity contribution in [1.82, 2.24) is 15.2 Å². The third-order valence-corrected chi connectivity index (χ3v) is 5.59. The molecule has 2 heterocycles. The van der Waals surface area contributed by atoms with Crippen LogP contribution in [0.25, 0.3) is 0 Å². The Morgan fingerprint density at radius 1 is 1.30 bits per heavy atom. The molecule has 2 aliphatic rings. The van der Waals surface area contributed by atoms with Gasteiger partial charge in [-0.05, 0) is 58.4 Å². The molecule has 150 valence electrons. The minimum Gasteiger partial charge on any atom is -0.481 e. The molecule has 1 amide bonds. The molecule has 1 saturated heterocycles. The fourth-order valence-corrected chi connectivity index (χ4v) is 4.47. The van der Waals surface area contributed by atoms with Gasteiger partial charge in [0.25, 0.3) is 0 Å². The van der Waals surface area contributed by atoms with Crippen molar-refractivity contribution in [3.63, 3.8) is 0 Å².